The molecule has 3 nitrogen and oxygen atoms in total. The average molecular weight is 256 g/mol. The molecule has 0 saturated heterocycles. The number of rotatable bonds is 3. The molecule has 2 rings (SSSR count). The third kappa shape index (κ3) is 2.66. The number of methoxy groups -OCH3 is 1. The van der Waals surface area contributed by atoms with Gasteiger partial charge < -0.3 is 10.1 Å². The number of nitriles is 1. The summed E-state index contributed by atoms with van der Waals surface area (Å²) in [7, 11) is 1.41. The van der Waals surface area contributed by atoms with Crippen LogP contribution in [-0.2, 0) is 0 Å². The molecule has 0 aromatic heterocycles. The van der Waals surface area contributed by atoms with Gasteiger partial charge in [-0.25, -0.2) is 4.39 Å². The summed E-state index contributed by atoms with van der Waals surface area (Å²) in [6.45, 7) is 1.91. The zero-order chi connectivity index (χ0) is 13.8. The first kappa shape index (κ1) is 12.9. The Labute approximate surface area is 111 Å². The van der Waals surface area contributed by atoms with E-state index in [-0.39, 0.29) is 5.75 Å². The van der Waals surface area contributed by atoms with Crippen LogP contribution in [0.2, 0.25) is 0 Å². The van der Waals surface area contributed by atoms with Gasteiger partial charge in [-0.2, -0.15) is 5.26 Å². The van der Waals surface area contributed by atoms with Gasteiger partial charge in [0.15, 0.2) is 11.6 Å². The van der Waals surface area contributed by atoms with E-state index in [1.54, 1.807) is 18.2 Å². The molecule has 0 saturated carbocycles. The van der Waals surface area contributed by atoms with Crippen molar-refractivity contribution in [2.45, 2.75) is 6.92 Å². The van der Waals surface area contributed by atoms with Gasteiger partial charge in [0.25, 0.3) is 0 Å². The summed E-state index contributed by atoms with van der Waals surface area (Å²) in [5.41, 5.74) is 2.88. The molecule has 0 heterocycles. The second-order valence-corrected chi connectivity index (χ2v) is 4.08. The number of hydrogen-bond acceptors (Lipinski definition) is 3. The van der Waals surface area contributed by atoms with Gasteiger partial charge in [0.2, 0.25) is 0 Å². The molecule has 0 aliphatic heterocycles. The summed E-state index contributed by atoms with van der Waals surface area (Å²) in [6, 6.07) is 12.1. The van der Waals surface area contributed by atoms with E-state index in [1.165, 1.54) is 13.2 Å². The highest BCUT2D eigenvalue weighted by Gasteiger charge is 2.08. The van der Waals surface area contributed by atoms with Gasteiger partial charge in [-0.1, -0.05) is 12.1 Å². The Morgan fingerprint density at radius 3 is 2.74 bits per heavy atom. The van der Waals surface area contributed by atoms with Gasteiger partial charge in [0, 0.05) is 11.8 Å². The minimum Gasteiger partial charge on any atom is -0.494 e. The van der Waals surface area contributed by atoms with Crippen LogP contribution >= 0.6 is 0 Å². The molecule has 0 bridgehead atoms. The fourth-order valence-electron chi connectivity index (χ4n) is 1.81. The molecule has 0 unspecified atom stereocenters. The van der Waals surface area contributed by atoms with Gasteiger partial charge in [0.05, 0.1) is 18.4 Å². The van der Waals surface area contributed by atoms with Gasteiger partial charge in [-0.3, -0.25) is 0 Å². The van der Waals surface area contributed by atoms with Crippen molar-refractivity contribution < 1.29 is 9.13 Å². The number of nitrogens with one attached hydrogen (secondary N) is 1. The van der Waals surface area contributed by atoms with Crippen molar-refractivity contribution in [3.05, 3.63) is 53.3 Å². The highest BCUT2D eigenvalue weighted by atomic mass is 19.1. The second-order valence-electron chi connectivity index (χ2n) is 4.08. The number of nitrogens with zero attached hydrogens (tertiary/aromatic N) is 1. The van der Waals surface area contributed by atoms with Crippen LogP contribution in [-0.4, -0.2) is 7.11 Å². The van der Waals surface area contributed by atoms with Crippen molar-refractivity contribution in [2.75, 3.05) is 12.4 Å². The Kier molecular flexibility index (Phi) is 3.67. The monoisotopic (exact) mass is 256 g/mol. The Morgan fingerprint density at radius 2 is 2.05 bits per heavy atom. The molecular formula is C15H13FN2O. The number of halogens is 1. The van der Waals surface area contributed by atoms with E-state index in [0.717, 1.165) is 11.3 Å². The highest BCUT2D eigenvalue weighted by molar-refractivity contribution is 5.70. The number of ether oxygens (including phenoxy) is 1. The van der Waals surface area contributed by atoms with Crippen LogP contribution in [0.3, 0.4) is 0 Å². The van der Waals surface area contributed by atoms with Gasteiger partial charge in [-0.05, 0) is 30.7 Å². The fraction of sp³-hybridized carbons (Fsp3) is 0.133. The Hall–Kier alpha value is -2.54. The lowest BCUT2D eigenvalue weighted by molar-refractivity contribution is 0.387. The molecule has 0 aliphatic carbocycles. The third-order valence-corrected chi connectivity index (χ3v) is 2.81. The summed E-state index contributed by atoms with van der Waals surface area (Å²) in [4.78, 5) is 0. The van der Waals surface area contributed by atoms with Crippen molar-refractivity contribution in [3.63, 3.8) is 0 Å². The standard InChI is InChI=1S/C15H13FN2O/c1-10-4-3-5-11(9-17)15(10)18-12-6-7-13(16)14(8-12)19-2/h3-8,18H,1-2H3. The van der Waals surface area contributed by atoms with Crippen LogP contribution < -0.4 is 10.1 Å². The first-order chi connectivity index (χ1) is 9.15. The number of aryl methyl sites for hydroxylation is 1. The third-order valence-electron chi connectivity index (χ3n) is 2.81. The normalized spacial score (nSPS) is 9.79. The predicted molar refractivity (Wildman–Crippen MR) is 72.1 cm³/mol. The van der Waals surface area contributed by atoms with E-state index < -0.39 is 5.82 Å². The lowest BCUT2D eigenvalue weighted by atomic mass is 10.1. The molecule has 0 atom stereocenters. The Balaban J connectivity index is 2.39. The summed E-state index contributed by atoms with van der Waals surface area (Å²) < 4.78 is 18.3. The number of benzene rings is 2. The van der Waals surface area contributed by atoms with Crippen molar-refractivity contribution in [1.82, 2.24) is 0 Å². The maximum absolute atomic E-state index is 13.3. The van der Waals surface area contributed by atoms with Crippen LogP contribution in [0.25, 0.3) is 0 Å². The molecule has 1 N–H and O–H groups in total. The van der Waals surface area contributed by atoms with E-state index in [0.29, 0.717) is 11.3 Å². The van der Waals surface area contributed by atoms with Gasteiger partial charge >= 0.3 is 0 Å². The molecule has 2 aromatic rings. The average Bonchev–Trinajstić information content (AvgIpc) is 2.43. The molecule has 0 aliphatic rings. The molecule has 0 fully saturated rings. The van der Waals surface area contributed by atoms with Crippen molar-refractivity contribution in [2.24, 2.45) is 0 Å². The van der Waals surface area contributed by atoms with E-state index in [4.69, 9.17) is 10.00 Å². The lowest BCUT2D eigenvalue weighted by Gasteiger charge is -2.12. The largest absolute Gasteiger partial charge is 0.494 e. The fourth-order valence-corrected chi connectivity index (χ4v) is 1.81. The van der Waals surface area contributed by atoms with Gasteiger partial charge in [-0.15, -0.1) is 0 Å². The maximum Gasteiger partial charge on any atom is 0.165 e. The summed E-state index contributed by atoms with van der Waals surface area (Å²) in [5.74, 6) is -0.254. The van der Waals surface area contributed by atoms with E-state index in [2.05, 4.69) is 11.4 Å². The van der Waals surface area contributed by atoms with Crippen LogP contribution in [0.15, 0.2) is 36.4 Å². The molecular weight excluding hydrogens is 243 g/mol. The SMILES string of the molecule is COc1cc(Nc2c(C)cccc2C#N)ccc1F. The topological polar surface area (TPSA) is 45.0 Å². The second kappa shape index (κ2) is 5.40. The molecule has 19 heavy (non-hydrogen) atoms. The zero-order valence-corrected chi connectivity index (χ0v) is 10.7. The minimum absolute atomic E-state index is 0.164. The lowest BCUT2D eigenvalue weighted by Crippen LogP contribution is -1.97. The smallest absolute Gasteiger partial charge is 0.165 e. The molecule has 4 heteroatoms. The summed E-state index contributed by atoms with van der Waals surface area (Å²) in [5, 5.41) is 12.2. The van der Waals surface area contributed by atoms with E-state index >= 15 is 0 Å². The minimum atomic E-state index is -0.418. The molecule has 0 spiro atoms. The van der Waals surface area contributed by atoms with Crippen molar-refractivity contribution >= 4 is 11.4 Å². The molecule has 96 valence electrons. The van der Waals surface area contributed by atoms with Crippen LogP contribution in [0.4, 0.5) is 15.8 Å². The van der Waals surface area contributed by atoms with Crippen LogP contribution in [0.1, 0.15) is 11.1 Å². The van der Waals surface area contributed by atoms with E-state index in [1.807, 2.05) is 19.1 Å². The summed E-state index contributed by atoms with van der Waals surface area (Å²) >= 11 is 0. The van der Waals surface area contributed by atoms with E-state index in [9.17, 15) is 4.39 Å². The van der Waals surface area contributed by atoms with Crippen LogP contribution in [0.5, 0.6) is 5.75 Å². The van der Waals surface area contributed by atoms with Crippen LogP contribution in [0, 0.1) is 24.1 Å². The first-order valence-corrected chi connectivity index (χ1v) is 5.76. The first-order valence-electron chi connectivity index (χ1n) is 5.76. The number of para-hydroxylation sites is 1. The highest BCUT2D eigenvalue weighted by Crippen LogP contribution is 2.27. The summed E-state index contributed by atoms with van der Waals surface area (Å²) in [6.07, 6.45) is 0. The molecule has 0 radical (unpaired) electrons. The number of anilines is 2. The molecule has 2 aromatic carbocycles. The predicted octanol–water partition coefficient (Wildman–Crippen LogP) is 3.76. The quantitative estimate of drug-likeness (QED) is 0.909. The Bertz CT molecular complexity index is 647. The van der Waals surface area contributed by atoms with Crippen molar-refractivity contribution in [3.8, 4) is 11.8 Å². The number of hydrogen-bond donors (Lipinski definition) is 1. The zero-order valence-electron chi connectivity index (χ0n) is 10.7. The van der Waals surface area contributed by atoms with Gasteiger partial charge in [0.1, 0.15) is 6.07 Å². The molecule has 0 amide bonds. The maximum atomic E-state index is 13.3. The van der Waals surface area contributed by atoms with Crippen molar-refractivity contribution in [1.29, 1.82) is 5.26 Å². The Morgan fingerprint density at radius 1 is 1.26 bits per heavy atom.